The van der Waals surface area contributed by atoms with Crippen LogP contribution < -0.4 is 10.6 Å². The van der Waals surface area contributed by atoms with Crippen molar-refractivity contribution in [3.05, 3.63) is 65.0 Å². The number of nitrogens with one attached hydrogen (secondary N) is 2. The van der Waals surface area contributed by atoms with Crippen molar-refractivity contribution in [2.45, 2.75) is 58.0 Å². The summed E-state index contributed by atoms with van der Waals surface area (Å²) in [7, 11) is 0. The Balaban J connectivity index is 1.43. The first kappa shape index (κ1) is 23.3. The fourth-order valence-corrected chi connectivity index (χ4v) is 4.73. The Morgan fingerprint density at radius 3 is 2.76 bits per heavy atom. The molecule has 1 amide bonds. The normalized spacial score (nSPS) is 15.5. The van der Waals surface area contributed by atoms with Crippen molar-refractivity contribution in [2.24, 2.45) is 0 Å². The second-order valence-corrected chi connectivity index (χ2v) is 9.47. The van der Waals surface area contributed by atoms with Gasteiger partial charge in [-0.2, -0.15) is 0 Å². The molecular formula is C25H31N5O2S. The van der Waals surface area contributed by atoms with Crippen LogP contribution in [0.1, 0.15) is 35.4 Å². The number of ether oxygens (including phenoxy) is 1. The molecule has 8 heteroatoms. The molecule has 1 aliphatic heterocycles. The van der Waals surface area contributed by atoms with Gasteiger partial charge in [0.25, 0.3) is 0 Å². The summed E-state index contributed by atoms with van der Waals surface area (Å²) in [6.07, 6.45) is 2.26. The zero-order valence-corrected chi connectivity index (χ0v) is 20.2. The van der Waals surface area contributed by atoms with Crippen LogP contribution in [-0.2, 0) is 22.6 Å². The van der Waals surface area contributed by atoms with Crippen LogP contribution >= 0.6 is 11.8 Å². The van der Waals surface area contributed by atoms with E-state index in [1.165, 1.54) is 22.9 Å². The first-order chi connectivity index (χ1) is 16.0. The van der Waals surface area contributed by atoms with Gasteiger partial charge >= 0.3 is 0 Å². The standard InChI is InChI=1S/C25H31N5O2S/c1-17-6-4-7-20(13-17)27-24(31)16-33-25-29-28-23(30(25)15-21-8-5-11-32-21)14-26-22-10-9-18(2)12-19(22)3/h4,6-7,9-10,12-13,21,26H,5,8,11,14-16H2,1-3H3,(H,27,31). The molecule has 2 aromatic carbocycles. The lowest BCUT2D eigenvalue weighted by Gasteiger charge is -2.16. The third-order valence-corrected chi connectivity index (χ3v) is 6.62. The van der Waals surface area contributed by atoms with Crippen LogP contribution in [0.4, 0.5) is 11.4 Å². The van der Waals surface area contributed by atoms with Gasteiger partial charge in [0.1, 0.15) is 0 Å². The van der Waals surface area contributed by atoms with Crippen LogP contribution in [0, 0.1) is 20.8 Å². The van der Waals surface area contributed by atoms with Crippen molar-refractivity contribution in [3.63, 3.8) is 0 Å². The quantitative estimate of drug-likeness (QED) is 0.445. The lowest BCUT2D eigenvalue weighted by Crippen LogP contribution is -2.20. The highest BCUT2D eigenvalue weighted by atomic mass is 32.2. The highest BCUT2D eigenvalue weighted by molar-refractivity contribution is 7.99. The van der Waals surface area contributed by atoms with Crippen LogP contribution in [0.2, 0.25) is 0 Å². The Labute approximate surface area is 199 Å². The van der Waals surface area contributed by atoms with Gasteiger partial charge in [0.05, 0.1) is 24.9 Å². The van der Waals surface area contributed by atoms with E-state index in [0.29, 0.717) is 13.1 Å². The SMILES string of the molecule is Cc1cccc(NC(=O)CSc2nnc(CNc3ccc(C)cc3C)n2CC2CCCO2)c1. The Bertz CT molecular complexity index is 1110. The smallest absolute Gasteiger partial charge is 0.234 e. The molecule has 1 fully saturated rings. The molecule has 1 unspecified atom stereocenters. The maximum atomic E-state index is 12.5. The summed E-state index contributed by atoms with van der Waals surface area (Å²) in [6, 6.07) is 14.1. The van der Waals surface area contributed by atoms with Gasteiger partial charge < -0.3 is 19.9 Å². The fourth-order valence-electron chi connectivity index (χ4n) is 3.97. The van der Waals surface area contributed by atoms with Crippen LogP contribution in [-0.4, -0.2) is 39.1 Å². The van der Waals surface area contributed by atoms with Gasteiger partial charge in [-0.05, 0) is 62.9 Å². The lowest BCUT2D eigenvalue weighted by atomic mass is 10.1. The highest BCUT2D eigenvalue weighted by Crippen LogP contribution is 2.23. The van der Waals surface area contributed by atoms with E-state index in [1.807, 2.05) is 31.2 Å². The molecule has 1 atom stereocenters. The van der Waals surface area contributed by atoms with Gasteiger partial charge in [0.2, 0.25) is 5.91 Å². The minimum Gasteiger partial charge on any atom is -0.378 e. The van der Waals surface area contributed by atoms with Crippen molar-refractivity contribution in [1.82, 2.24) is 14.8 Å². The third-order valence-electron chi connectivity index (χ3n) is 5.66. The Kier molecular flexibility index (Phi) is 7.67. The van der Waals surface area contributed by atoms with Gasteiger partial charge in [0.15, 0.2) is 11.0 Å². The predicted molar refractivity (Wildman–Crippen MR) is 133 cm³/mol. The lowest BCUT2D eigenvalue weighted by molar-refractivity contribution is -0.113. The topological polar surface area (TPSA) is 81.1 Å². The van der Waals surface area contributed by atoms with Gasteiger partial charge in [-0.1, -0.05) is 41.6 Å². The van der Waals surface area contributed by atoms with E-state index in [-0.39, 0.29) is 17.8 Å². The highest BCUT2D eigenvalue weighted by Gasteiger charge is 2.21. The van der Waals surface area contributed by atoms with Crippen molar-refractivity contribution >= 4 is 29.0 Å². The number of anilines is 2. The molecule has 1 aromatic heterocycles. The number of carbonyl (C=O) groups excluding carboxylic acids is 1. The van der Waals surface area contributed by atoms with Crippen LogP contribution in [0.3, 0.4) is 0 Å². The Morgan fingerprint density at radius 1 is 1.15 bits per heavy atom. The van der Waals surface area contributed by atoms with Crippen molar-refractivity contribution in [2.75, 3.05) is 23.0 Å². The zero-order chi connectivity index (χ0) is 23.2. The van der Waals surface area contributed by atoms with Crippen molar-refractivity contribution < 1.29 is 9.53 Å². The van der Waals surface area contributed by atoms with Crippen LogP contribution in [0.25, 0.3) is 0 Å². The Morgan fingerprint density at radius 2 is 2.00 bits per heavy atom. The number of benzene rings is 2. The number of carbonyl (C=O) groups is 1. The molecule has 4 rings (SSSR count). The number of amides is 1. The minimum absolute atomic E-state index is 0.0628. The molecule has 0 radical (unpaired) electrons. The van der Waals surface area contributed by atoms with Crippen molar-refractivity contribution in [1.29, 1.82) is 0 Å². The zero-order valence-electron chi connectivity index (χ0n) is 19.4. The van der Waals surface area contributed by atoms with Gasteiger partial charge in [-0.25, -0.2) is 0 Å². The van der Waals surface area contributed by atoms with E-state index in [2.05, 4.69) is 57.4 Å². The number of nitrogens with zero attached hydrogens (tertiary/aromatic N) is 3. The maximum Gasteiger partial charge on any atom is 0.234 e. The second kappa shape index (κ2) is 10.9. The molecule has 33 heavy (non-hydrogen) atoms. The molecule has 0 bridgehead atoms. The monoisotopic (exact) mass is 465 g/mol. The molecule has 0 aliphatic carbocycles. The molecule has 174 valence electrons. The average molecular weight is 466 g/mol. The molecule has 1 saturated heterocycles. The van der Waals surface area contributed by atoms with E-state index in [1.54, 1.807) is 0 Å². The summed E-state index contributed by atoms with van der Waals surface area (Å²) in [6.45, 7) is 8.24. The number of aryl methyl sites for hydroxylation is 3. The molecule has 2 heterocycles. The average Bonchev–Trinajstić information content (AvgIpc) is 3.42. The molecule has 7 nitrogen and oxygen atoms in total. The fraction of sp³-hybridized carbons (Fsp3) is 0.400. The molecular weight excluding hydrogens is 434 g/mol. The Hall–Kier alpha value is -2.84. The second-order valence-electron chi connectivity index (χ2n) is 8.52. The van der Waals surface area contributed by atoms with Crippen LogP contribution in [0.15, 0.2) is 47.6 Å². The van der Waals surface area contributed by atoms with Gasteiger partial charge in [-0.3, -0.25) is 4.79 Å². The number of rotatable bonds is 9. The number of hydrogen-bond acceptors (Lipinski definition) is 6. The van der Waals surface area contributed by atoms with Crippen molar-refractivity contribution in [3.8, 4) is 0 Å². The third kappa shape index (κ3) is 6.36. The predicted octanol–water partition coefficient (Wildman–Crippen LogP) is 4.73. The van der Waals surface area contributed by atoms with E-state index in [0.717, 1.165) is 47.4 Å². The van der Waals surface area contributed by atoms with Crippen LogP contribution in [0.5, 0.6) is 0 Å². The first-order valence-electron chi connectivity index (χ1n) is 11.3. The molecule has 0 spiro atoms. The summed E-state index contributed by atoms with van der Waals surface area (Å²) >= 11 is 1.40. The van der Waals surface area contributed by atoms with E-state index in [4.69, 9.17) is 4.74 Å². The first-order valence-corrected chi connectivity index (χ1v) is 12.3. The minimum atomic E-state index is -0.0628. The summed E-state index contributed by atoms with van der Waals surface area (Å²) in [5.74, 6) is 1.04. The molecule has 2 N–H and O–H groups in total. The van der Waals surface area contributed by atoms with E-state index >= 15 is 0 Å². The number of aromatic nitrogens is 3. The van der Waals surface area contributed by atoms with E-state index in [9.17, 15) is 4.79 Å². The molecule has 3 aromatic rings. The molecule has 1 aliphatic rings. The van der Waals surface area contributed by atoms with Gasteiger partial charge in [-0.15, -0.1) is 10.2 Å². The summed E-state index contributed by atoms with van der Waals surface area (Å²) in [5.41, 5.74) is 5.43. The number of thioether (sulfide) groups is 1. The van der Waals surface area contributed by atoms with Gasteiger partial charge in [0, 0.05) is 18.0 Å². The molecule has 0 saturated carbocycles. The summed E-state index contributed by atoms with van der Waals surface area (Å²) in [5, 5.41) is 16.0. The summed E-state index contributed by atoms with van der Waals surface area (Å²) < 4.78 is 7.96. The maximum absolute atomic E-state index is 12.5. The number of hydrogen-bond donors (Lipinski definition) is 2. The van der Waals surface area contributed by atoms with E-state index < -0.39 is 0 Å². The largest absolute Gasteiger partial charge is 0.378 e. The summed E-state index contributed by atoms with van der Waals surface area (Å²) in [4.78, 5) is 12.5.